The molecule has 0 amide bonds. The quantitative estimate of drug-likeness (QED) is 0.472. The molecule has 0 spiro atoms. The molecular weight excluding hydrogens is 328 g/mol. The number of non-ortho nitro benzene ring substituents is 1. The molecular formula is C21H20N2O3. The number of nitrogens with one attached hydrogen (secondary N) is 1. The SMILES string of the molecule is O=[N+]([O-])c1cccc(NC(CC(O)c2ccccc2)c2ccccc2)c1. The van der Waals surface area contributed by atoms with Gasteiger partial charge in [-0.15, -0.1) is 0 Å². The van der Waals surface area contributed by atoms with E-state index >= 15 is 0 Å². The third-order valence-electron chi connectivity index (χ3n) is 4.24. The van der Waals surface area contributed by atoms with Crippen molar-refractivity contribution in [3.8, 4) is 0 Å². The topological polar surface area (TPSA) is 75.4 Å². The Morgan fingerprint density at radius 2 is 1.50 bits per heavy atom. The second-order valence-electron chi connectivity index (χ2n) is 6.08. The van der Waals surface area contributed by atoms with Gasteiger partial charge in [0.2, 0.25) is 0 Å². The van der Waals surface area contributed by atoms with Gasteiger partial charge in [0.15, 0.2) is 0 Å². The summed E-state index contributed by atoms with van der Waals surface area (Å²) in [5.41, 5.74) is 2.53. The summed E-state index contributed by atoms with van der Waals surface area (Å²) in [5.74, 6) is 0. The lowest BCUT2D eigenvalue weighted by atomic mass is 9.96. The second-order valence-corrected chi connectivity index (χ2v) is 6.08. The van der Waals surface area contributed by atoms with Crippen LogP contribution in [0.3, 0.4) is 0 Å². The smallest absolute Gasteiger partial charge is 0.271 e. The first-order valence-corrected chi connectivity index (χ1v) is 8.42. The Labute approximate surface area is 152 Å². The second kappa shape index (κ2) is 8.27. The number of aliphatic hydroxyl groups is 1. The fourth-order valence-electron chi connectivity index (χ4n) is 2.91. The van der Waals surface area contributed by atoms with E-state index in [1.165, 1.54) is 12.1 Å². The molecule has 5 heteroatoms. The van der Waals surface area contributed by atoms with Crippen molar-refractivity contribution >= 4 is 11.4 Å². The maximum Gasteiger partial charge on any atom is 0.271 e. The molecule has 0 aliphatic rings. The molecule has 2 N–H and O–H groups in total. The van der Waals surface area contributed by atoms with Crippen molar-refractivity contribution in [2.75, 3.05) is 5.32 Å². The number of benzene rings is 3. The molecule has 3 rings (SSSR count). The van der Waals surface area contributed by atoms with E-state index in [-0.39, 0.29) is 11.7 Å². The van der Waals surface area contributed by atoms with Crippen molar-refractivity contribution in [2.24, 2.45) is 0 Å². The Morgan fingerprint density at radius 3 is 2.12 bits per heavy atom. The van der Waals surface area contributed by atoms with Gasteiger partial charge in [-0.3, -0.25) is 10.1 Å². The predicted octanol–water partition coefficient (Wildman–Crippen LogP) is 4.87. The molecule has 2 atom stereocenters. The molecule has 0 saturated heterocycles. The molecule has 2 unspecified atom stereocenters. The van der Waals surface area contributed by atoms with Crippen LogP contribution in [-0.4, -0.2) is 10.0 Å². The first-order valence-electron chi connectivity index (χ1n) is 8.42. The van der Waals surface area contributed by atoms with Gasteiger partial charge in [0.1, 0.15) is 0 Å². The van der Waals surface area contributed by atoms with E-state index in [9.17, 15) is 15.2 Å². The fourth-order valence-corrected chi connectivity index (χ4v) is 2.91. The minimum atomic E-state index is -0.646. The number of nitro benzene ring substituents is 1. The highest BCUT2D eigenvalue weighted by Gasteiger charge is 2.18. The van der Waals surface area contributed by atoms with E-state index in [0.717, 1.165) is 11.1 Å². The van der Waals surface area contributed by atoms with Crippen LogP contribution in [0.5, 0.6) is 0 Å². The number of nitrogens with zero attached hydrogens (tertiary/aromatic N) is 1. The van der Waals surface area contributed by atoms with E-state index in [1.54, 1.807) is 12.1 Å². The minimum absolute atomic E-state index is 0.0328. The number of hydrogen-bond donors (Lipinski definition) is 2. The molecule has 0 heterocycles. The maximum absolute atomic E-state index is 11.0. The van der Waals surface area contributed by atoms with Crippen LogP contribution in [0.2, 0.25) is 0 Å². The standard InChI is InChI=1S/C21H20N2O3/c24-21(17-10-5-2-6-11-17)15-20(16-8-3-1-4-9-16)22-18-12-7-13-19(14-18)23(25)26/h1-14,20-22,24H,15H2. The van der Waals surface area contributed by atoms with Gasteiger partial charge in [0.25, 0.3) is 5.69 Å². The van der Waals surface area contributed by atoms with Gasteiger partial charge < -0.3 is 10.4 Å². The Kier molecular flexibility index (Phi) is 5.61. The zero-order valence-corrected chi connectivity index (χ0v) is 14.2. The number of anilines is 1. The average molecular weight is 348 g/mol. The zero-order valence-electron chi connectivity index (χ0n) is 14.2. The Balaban J connectivity index is 1.84. The molecule has 0 bridgehead atoms. The lowest BCUT2D eigenvalue weighted by Crippen LogP contribution is -2.15. The van der Waals surface area contributed by atoms with E-state index in [1.807, 2.05) is 60.7 Å². The van der Waals surface area contributed by atoms with E-state index in [0.29, 0.717) is 12.1 Å². The van der Waals surface area contributed by atoms with Crippen LogP contribution in [0.25, 0.3) is 0 Å². The summed E-state index contributed by atoms with van der Waals surface area (Å²) in [4.78, 5) is 10.6. The molecule has 3 aromatic rings. The van der Waals surface area contributed by atoms with E-state index < -0.39 is 11.0 Å². The summed E-state index contributed by atoms with van der Waals surface area (Å²) in [6.07, 6.45) is -0.205. The molecule has 0 fully saturated rings. The van der Waals surface area contributed by atoms with Crippen molar-refractivity contribution in [2.45, 2.75) is 18.6 Å². The summed E-state index contributed by atoms with van der Waals surface area (Å²) in [5, 5.41) is 25.0. The fraction of sp³-hybridized carbons (Fsp3) is 0.143. The summed E-state index contributed by atoms with van der Waals surface area (Å²) in [7, 11) is 0. The number of hydrogen-bond acceptors (Lipinski definition) is 4. The van der Waals surface area contributed by atoms with Crippen LogP contribution in [0, 0.1) is 10.1 Å². The Morgan fingerprint density at radius 1 is 0.885 bits per heavy atom. The van der Waals surface area contributed by atoms with Crippen molar-refractivity contribution in [1.29, 1.82) is 0 Å². The van der Waals surface area contributed by atoms with Crippen molar-refractivity contribution in [3.05, 3.63) is 106 Å². The molecule has 3 aromatic carbocycles. The van der Waals surface area contributed by atoms with Crippen LogP contribution in [-0.2, 0) is 0 Å². The maximum atomic E-state index is 11.0. The molecule has 132 valence electrons. The van der Waals surface area contributed by atoms with Crippen molar-refractivity contribution in [1.82, 2.24) is 0 Å². The van der Waals surface area contributed by atoms with Gasteiger partial charge in [0, 0.05) is 24.2 Å². The van der Waals surface area contributed by atoms with Gasteiger partial charge >= 0.3 is 0 Å². The van der Waals surface area contributed by atoms with Gasteiger partial charge in [-0.25, -0.2) is 0 Å². The van der Waals surface area contributed by atoms with Crippen LogP contribution in [0.15, 0.2) is 84.9 Å². The van der Waals surface area contributed by atoms with E-state index in [4.69, 9.17) is 0 Å². The van der Waals surface area contributed by atoms with E-state index in [2.05, 4.69) is 5.32 Å². The average Bonchev–Trinajstić information content (AvgIpc) is 2.69. The van der Waals surface area contributed by atoms with Crippen molar-refractivity contribution in [3.63, 3.8) is 0 Å². The third-order valence-corrected chi connectivity index (χ3v) is 4.24. The molecule has 0 saturated carbocycles. The third kappa shape index (κ3) is 4.46. The highest BCUT2D eigenvalue weighted by Crippen LogP contribution is 2.30. The van der Waals surface area contributed by atoms with Gasteiger partial charge in [-0.1, -0.05) is 66.7 Å². The number of aliphatic hydroxyl groups excluding tert-OH is 1. The van der Waals surface area contributed by atoms with Crippen LogP contribution < -0.4 is 5.32 Å². The van der Waals surface area contributed by atoms with Gasteiger partial charge in [-0.2, -0.15) is 0 Å². The lowest BCUT2D eigenvalue weighted by molar-refractivity contribution is -0.384. The first kappa shape index (κ1) is 17.6. The monoisotopic (exact) mass is 348 g/mol. The molecule has 0 aliphatic carbocycles. The van der Waals surface area contributed by atoms with Crippen LogP contribution in [0.1, 0.15) is 29.7 Å². The number of rotatable bonds is 7. The molecule has 5 nitrogen and oxygen atoms in total. The van der Waals surface area contributed by atoms with Crippen LogP contribution >= 0.6 is 0 Å². The zero-order chi connectivity index (χ0) is 18.4. The largest absolute Gasteiger partial charge is 0.388 e. The molecule has 0 aromatic heterocycles. The highest BCUT2D eigenvalue weighted by atomic mass is 16.6. The van der Waals surface area contributed by atoms with Crippen molar-refractivity contribution < 1.29 is 10.0 Å². The summed E-state index contributed by atoms with van der Waals surface area (Å²) in [6.45, 7) is 0. The highest BCUT2D eigenvalue weighted by molar-refractivity contribution is 5.52. The Hall–Kier alpha value is -3.18. The summed E-state index contributed by atoms with van der Waals surface area (Å²) in [6, 6.07) is 25.5. The predicted molar refractivity (Wildman–Crippen MR) is 102 cm³/mol. The Bertz CT molecular complexity index is 853. The van der Waals surface area contributed by atoms with Crippen LogP contribution in [0.4, 0.5) is 11.4 Å². The summed E-state index contributed by atoms with van der Waals surface area (Å²) < 4.78 is 0. The normalized spacial score (nSPS) is 13.0. The lowest BCUT2D eigenvalue weighted by Gasteiger charge is -2.23. The molecule has 26 heavy (non-hydrogen) atoms. The number of nitro groups is 1. The summed E-state index contributed by atoms with van der Waals surface area (Å²) >= 11 is 0. The molecule has 0 radical (unpaired) electrons. The van der Waals surface area contributed by atoms with Gasteiger partial charge in [-0.05, 0) is 17.2 Å². The molecule has 0 aliphatic heterocycles. The van der Waals surface area contributed by atoms with Gasteiger partial charge in [0.05, 0.1) is 17.1 Å². The minimum Gasteiger partial charge on any atom is -0.388 e. The first-order chi connectivity index (χ1) is 12.6.